The van der Waals surface area contributed by atoms with E-state index >= 15 is 0 Å². The lowest BCUT2D eigenvalue weighted by molar-refractivity contribution is -0.384. The lowest BCUT2D eigenvalue weighted by Crippen LogP contribution is -2.41. The Labute approximate surface area is 233 Å². The van der Waals surface area contributed by atoms with Gasteiger partial charge in [0.2, 0.25) is 17.7 Å². The van der Waals surface area contributed by atoms with Gasteiger partial charge in [-0.05, 0) is 30.3 Å². The zero-order valence-corrected chi connectivity index (χ0v) is 22.9. The minimum Gasteiger partial charge on any atom is -0.324 e. The topological polar surface area (TPSA) is 132 Å². The number of rotatable bonds is 5. The molecule has 2 aliphatic heterocycles. The average molecular weight is 593 g/mol. The van der Waals surface area contributed by atoms with Crippen LogP contribution in [0.3, 0.4) is 0 Å². The largest absolute Gasteiger partial charge is 0.324 e. The highest BCUT2D eigenvalue weighted by Crippen LogP contribution is 2.54. The van der Waals surface area contributed by atoms with Crippen molar-refractivity contribution in [3.63, 3.8) is 0 Å². The van der Waals surface area contributed by atoms with Gasteiger partial charge in [0.25, 0.3) is 5.69 Å². The maximum absolute atomic E-state index is 13.5. The van der Waals surface area contributed by atoms with Gasteiger partial charge in [-0.25, -0.2) is 4.90 Å². The number of non-ortho nitro benzene ring substituents is 1. The number of imide groups is 1. The Morgan fingerprint density at radius 1 is 1.08 bits per heavy atom. The van der Waals surface area contributed by atoms with Crippen LogP contribution in [0, 0.1) is 16.0 Å². The number of halogens is 2. The molecule has 1 fully saturated rings. The highest BCUT2D eigenvalue weighted by atomic mass is 35.5. The van der Waals surface area contributed by atoms with Gasteiger partial charge < -0.3 is 5.32 Å². The normalized spacial score (nSPS) is 19.7. The summed E-state index contributed by atoms with van der Waals surface area (Å²) >= 11 is 14.0. The molecule has 5 rings (SSSR count). The number of thioether (sulfide) groups is 1. The smallest absolute Gasteiger partial charge is 0.308 e. The van der Waals surface area contributed by atoms with E-state index in [2.05, 4.69) is 5.32 Å². The molecule has 38 heavy (non-hydrogen) atoms. The van der Waals surface area contributed by atoms with Gasteiger partial charge in [-0.1, -0.05) is 60.1 Å². The number of nitro groups is 1. The number of amides is 3. The van der Waals surface area contributed by atoms with Gasteiger partial charge in [-0.2, -0.15) is 0 Å². The number of carbonyl (C=O) groups is 3. The average Bonchev–Trinajstić information content (AvgIpc) is 3.30. The molecule has 1 saturated heterocycles. The number of nitrogens with zero attached hydrogens (tertiary/aromatic N) is 3. The summed E-state index contributed by atoms with van der Waals surface area (Å²) in [6, 6.07) is 9.80. The van der Waals surface area contributed by atoms with Crippen molar-refractivity contribution in [1.82, 2.24) is 4.57 Å². The summed E-state index contributed by atoms with van der Waals surface area (Å²) in [5.41, 5.74) is -0.406. The van der Waals surface area contributed by atoms with Gasteiger partial charge in [-0.3, -0.25) is 33.9 Å². The van der Waals surface area contributed by atoms with Gasteiger partial charge in [0.1, 0.15) is 11.8 Å². The third-order valence-electron chi connectivity index (χ3n) is 6.53. The maximum atomic E-state index is 13.5. The fourth-order valence-electron chi connectivity index (χ4n) is 4.66. The van der Waals surface area contributed by atoms with Crippen LogP contribution in [-0.2, 0) is 26.3 Å². The molecule has 10 nitrogen and oxygen atoms in total. The Morgan fingerprint density at radius 2 is 1.76 bits per heavy atom. The molecule has 2 atom stereocenters. The second kappa shape index (κ2) is 9.53. The summed E-state index contributed by atoms with van der Waals surface area (Å²) in [6.45, 7) is 3.28. The minimum atomic E-state index is -0.886. The molecule has 3 amide bonds. The zero-order chi connectivity index (χ0) is 27.5. The fraction of sp³-hybridized carbons (Fsp3) is 0.250. The molecule has 2 aliphatic rings. The number of hydrogen-bond donors (Lipinski definition) is 1. The molecule has 0 spiro atoms. The summed E-state index contributed by atoms with van der Waals surface area (Å²) in [7, 11) is 0. The molecule has 0 radical (unpaired) electrons. The molecule has 0 bridgehead atoms. The molecule has 0 aliphatic carbocycles. The Hall–Kier alpha value is -3.19. The third kappa shape index (κ3) is 4.31. The maximum Gasteiger partial charge on any atom is 0.308 e. The number of nitrogens with one attached hydrogen (secondary N) is 1. The van der Waals surface area contributed by atoms with Gasteiger partial charge in [-0.15, -0.1) is 0 Å². The van der Waals surface area contributed by atoms with Crippen LogP contribution in [0.1, 0.15) is 18.7 Å². The second-order valence-electron chi connectivity index (χ2n) is 9.29. The molecule has 196 valence electrons. The first-order valence-corrected chi connectivity index (χ1v) is 13.6. The predicted octanol–water partition coefficient (Wildman–Crippen LogP) is 4.71. The monoisotopic (exact) mass is 592 g/mol. The molecular formula is C24H18Cl2N4O6S2. The van der Waals surface area contributed by atoms with E-state index in [-0.39, 0.29) is 27.8 Å². The zero-order valence-electron chi connectivity index (χ0n) is 19.8. The Bertz CT molecular complexity index is 1580. The van der Waals surface area contributed by atoms with E-state index in [1.54, 1.807) is 19.9 Å². The van der Waals surface area contributed by atoms with Gasteiger partial charge in [0.15, 0.2) is 0 Å². The lowest BCUT2D eigenvalue weighted by Gasteiger charge is -2.36. The molecule has 2 aromatic carbocycles. The Morgan fingerprint density at radius 3 is 2.39 bits per heavy atom. The van der Waals surface area contributed by atoms with Crippen LogP contribution in [0.2, 0.25) is 10.0 Å². The first-order valence-electron chi connectivity index (χ1n) is 11.2. The number of nitro benzene ring substituents is 1. The van der Waals surface area contributed by atoms with Crippen LogP contribution in [0.15, 0.2) is 52.3 Å². The van der Waals surface area contributed by atoms with Crippen LogP contribution < -0.4 is 15.1 Å². The van der Waals surface area contributed by atoms with E-state index in [0.29, 0.717) is 20.6 Å². The minimum absolute atomic E-state index is 0.162. The summed E-state index contributed by atoms with van der Waals surface area (Å²) in [5.74, 6) is -2.17. The van der Waals surface area contributed by atoms with E-state index in [1.165, 1.54) is 41.0 Å². The number of benzene rings is 2. The first-order chi connectivity index (χ1) is 17.9. The Kier molecular flexibility index (Phi) is 6.62. The van der Waals surface area contributed by atoms with Crippen molar-refractivity contribution in [3.8, 4) is 0 Å². The van der Waals surface area contributed by atoms with Crippen LogP contribution in [0.25, 0.3) is 0 Å². The highest BCUT2D eigenvalue weighted by molar-refractivity contribution is 8.00. The molecule has 3 heterocycles. The predicted molar refractivity (Wildman–Crippen MR) is 145 cm³/mol. The third-order valence-corrected chi connectivity index (χ3v) is 10.1. The molecule has 2 unspecified atom stereocenters. The molecule has 1 aromatic heterocycles. The number of aromatic nitrogens is 1. The molecule has 1 N–H and O–H groups in total. The molecule has 3 aromatic rings. The molecule has 0 saturated carbocycles. The standard InChI is InChI=1S/C24H18Cl2N4O6S2/c1-24(2)17-18(21(33)29(20(17)32)12-4-6-13(7-5-12)30(35)36)37-22-19(24)38-23(34)28(22)10-16(31)27-11-3-8-14(25)15(26)9-11/h3-9,17-18H,10H2,1-2H3,(H,27,31). The van der Waals surface area contributed by atoms with Gasteiger partial charge >= 0.3 is 4.87 Å². The molecular weight excluding hydrogens is 575 g/mol. The number of anilines is 2. The van der Waals surface area contributed by atoms with Crippen molar-refractivity contribution in [3.05, 3.63) is 77.2 Å². The van der Waals surface area contributed by atoms with Crippen LogP contribution in [0.4, 0.5) is 17.1 Å². The van der Waals surface area contributed by atoms with Crippen molar-refractivity contribution in [2.24, 2.45) is 5.92 Å². The SMILES string of the molecule is CC1(C)c2sc(=O)n(CC(=O)Nc3ccc(Cl)c(Cl)c3)c2SC2C(=O)N(c3ccc([N+](=O)[O-])cc3)C(=O)C21. The van der Waals surface area contributed by atoms with E-state index < -0.39 is 39.2 Å². The van der Waals surface area contributed by atoms with Gasteiger partial charge in [0, 0.05) is 28.1 Å². The van der Waals surface area contributed by atoms with Crippen molar-refractivity contribution < 1.29 is 19.3 Å². The number of hydrogen-bond acceptors (Lipinski definition) is 8. The molecule has 14 heteroatoms. The number of carbonyl (C=O) groups excluding carboxylic acids is 3. The summed E-state index contributed by atoms with van der Waals surface area (Å²) in [6.07, 6.45) is 0. The van der Waals surface area contributed by atoms with Crippen molar-refractivity contribution in [1.29, 1.82) is 0 Å². The van der Waals surface area contributed by atoms with Crippen molar-refractivity contribution in [2.45, 2.75) is 36.1 Å². The quantitative estimate of drug-likeness (QED) is 0.258. The van der Waals surface area contributed by atoms with Crippen LogP contribution in [-0.4, -0.2) is 32.5 Å². The van der Waals surface area contributed by atoms with E-state index in [0.717, 1.165) is 28.0 Å². The van der Waals surface area contributed by atoms with E-state index in [4.69, 9.17) is 23.2 Å². The number of fused-ring (bicyclic) bond motifs is 2. The second-order valence-corrected chi connectivity index (χ2v) is 12.2. The fourth-order valence-corrected chi connectivity index (χ4v) is 8.00. The van der Waals surface area contributed by atoms with Crippen LogP contribution >= 0.6 is 46.3 Å². The van der Waals surface area contributed by atoms with Gasteiger partial charge in [0.05, 0.1) is 31.6 Å². The Balaban J connectivity index is 1.44. The summed E-state index contributed by atoms with van der Waals surface area (Å²) in [4.78, 5) is 64.5. The van der Waals surface area contributed by atoms with Crippen LogP contribution in [0.5, 0.6) is 0 Å². The first kappa shape index (κ1) is 26.4. The lowest BCUT2D eigenvalue weighted by atomic mass is 9.76. The summed E-state index contributed by atoms with van der Waals surface area (Å²) < 4.78 is 1.31. The van der Waals surface area contributed by atoms with Crippen molar-refractivity contribution >= 4 is 81.1 Å². The van der Waals surface area contributed by atoms with Crippen molar-refractivity contribution in [2.75, 3.05) is 10.2 Å². The van der Waals surface area contributed by atoms with E-state index in [9.17, 15) is 29.3 Å². The number of thiazole rings is 1. The van der Waals surface area contributed by atoms with E-state index in [1.807, 2.05) is 0 Å². The summed E-state index contributed by atoms with van der Waals surface area (Å²) in [5, 5.41) is 13.9. The highest BCUT2D eigenvalue weighted by Gasteiger charge is 2.59.